The molecule has 5 nitrogen and oxygen atoms in total. The molecular weight excluding hydrogens is 410 g/mol. The maximum atomic E-state index is 13.5. The van der Waals surface area contributed by atoms with E-state index >= 15 is 0 Å². The zero-order valence-corrected chi connectivity index (χ0v) is 19.8. The van der Waals surface area contributed by atoms with Gasteiger partial charge in [0.2, 0.25) is 11.8 Å². The van der Waals surface area contributed by atoms with Gasteiger partial charge < -0.3 is 14.7 Å². The molecule has 0 spiro atoms. The number of benzene rings is 2. The van der Waals surface area contributed by atoms with Gasteiger partial charge in [0.05, 0.1) is 17.9 Å². The Morgan fingerprint density at radius 2 is 1.82 bits per heavy atom. The van der Waals surface area contributed by atoms with Crippen LogP contribution in [0, 0.1) is 0 Å². The molecule has 2 aromatic rings. The Kier molecular flexibility index (Phi) is 8.87. The van der Waals surface area contributed by atoms with Crippen LogP contribution in [0.5, 0.6) is 0 Å². The molecule has 176 valence electrons. The first-order chi connectivity index (χ1) is 16.0. The van der Waals surface area contributed by atoms with E-state index in [4.69, 9.17) is 0 Å². The van der Waals surface area contributed by atoms with Gasteiger partial charge in [-0.15, -0.1) is 0 Å². The van der Waals surface area contributed by atoms with E-state index in [1.807, 2.05) is 88.5 Å². The molecule has 1 aliphatic rings. The summed E-state index contributed by atoms with van der Waals surface area (Å²) in [4.78, 5) is 32.5. The zero-order valence-electron chi connectivity index (χ0n) is 19.8. The summed E-state index contributed by atoms with van der Waals surface area (Å²) in [6.07, 6.45) is 9.06. The monoisotopic (exact) mass is 447 g/mol. The molecular formula is C28H37N3O2. The van der Waals surface area contributed by atoms with Crippen LogP contribution >= 0.6 is 0 Å². The summed E-state index contributed by atoms with van der Waals surface area (Å²) in [5.41, 5.74) is 2.66. The van der Waals surface area contributed by atoms with Crippen molar-refractivity contribution in [3.05, 3.63) is 85.2 Å². The van der Waals surface area contributed by atoms with Crippen molar-refractivity contribution in [2.24, 2.45) is 0 Å². The Hall–Kier alpha value is -3.34. The third-order valence-electron chi connectivity index (χ3n) is 6.05. The molecule has 2 amide bonds. The highest BCUT2D eigenvalue weighted by molar-refractivity contribution is 6.02. The van der Waals surface area contributed by atoms with Crippen molar-refractivity contribution in [1.29, 1.82) is 0 Å². The van der Waals surface area contributed by atoms with Gasteiger partial charge in [0, 0.05) is 26.9 Å². The molecule has 0 unspecified atom stereocenters. The first kappa shape index (κ1) is 24.3. The number of hydrogen-bond acceptors (Lipinski definition) is 3. The average molecular weight is 448 g/mol. The Balaban J connectivity index is 0.00000408. The predicted octanol–water partition coefficient (Wildman–Crippen LogP) is 6.13. The molecule has 3 rings (SSSR count). The van der Waals surface area contributed by atoms with Crippen LogP contribution in [0.1, 0.15) is 52.9 Å². The summed E-state index contributed by atoms with van der Waals surface area (Å²) >= 11 is 0. The van der Waals surface area contributed by atoms with Crippen LogP contribution in [-0.2, 0) is 16.1 Å². The number of carbonyl (C=O) groups excluding carboxylic acids is 2. The minimum Gasteiger partial charge on any atom is -0.355 e. The van der Waals surface area contributed by atoms with Gasteiger partial charge in [-0.25, -0.2) is 0 Å². The SMILES string of the molecule is C=CN(/C=C\C)CCC(=O)N1c2ccccc2N(Cc2ccccc2)C(=O)CCCC[C@@H]1C.[HH]. The lowest BCUT2D eigenvalue weighted by Crippen LogP contribution is -2.42. The van der Waals surface area contributed by atoms with Crippen LogP contribution in [0.15, 0.2) is 79.7 Å². The van der Waals surface area contributed by atoms with Crippen molar-refractivity contribution >= 4 is 23.2 Å². The molecule has 2 aromatic carbocycles. The van der Waals surface area contributed by atoms with E-state index in [1.165, 1.54) is 0 Å². The lowest BCUT2D eigenvalue weighted by atomic mass is 10.0. The molecule has 0 aromatic heterocycles. The van der Waals surface area contributed by atoms with Crippen molar-refractivity contribution in [1.82, 2.24) is 4.90 Å². The number of carbonyl (C=O) groups is 2. The van der Waals surface area contributed by atoms with E-state index in [1.54, 1.807) is 6.20 Å². The van der Waals surface area contributed by atoms with Crippen LogP contribution in [0.4, 0.5) is 11.4 Å². The highest BCUT2D eigenvalue weighted by Gasteiger charge is 2.29. The zero-order chi connectivity index (χ0) is 23.6. The number of hydrogen-bond donors (Lipinski definition) is 0. The second-order valence-corrected chi connectivity index (χ2v) is 8.47. The molecule has 1 aliphatic heterocycles. The third kappa shape index (κ3) is 6.35. The molecule has 0 saturated heterocycles. The number of nitrogens with zero attached hydrogens (tertiary/aromatic N) is 3. The van der Waals surface area contributed by atoms with Crippen LogP contribution in [0.3, 0.4) is 0 Å². The first-order valence-corrected chi connectivity index (χ1v) is 11.8. The number of amides is 2. The summed E-state index contributed by atoms with van der Waals surface area (Å²) in [6, 6.07) is 17.9. The maximum Gasteiger partial charge on any atom is 0.229 e. The van der Waals surface area contributed by atoms with Crippen LogP contribution in [-0.4, -0.2) is 29.3 Å². The molecule has 0 fully saturated rings. The Morgan fingerprint density at radius 3 is 2.52 bits per heavy atom. The quantitative estimate of drug-likeness (QED) is 0.513. The fourth-order valence-electron chi connectivity index (χ4n) is 4.33. The van der Waals surface area contributed by atoms with E-state index in [0.29, 0.717) is 25.9 Å². The van der Waals surface area contributed by atoms with Crippen molar-refractivity contribution in [2.75, 3.05) is 16.3 Å². The van der Waals surface area contributed by atoms with Gasteiger partial charge in [-0.3, -0.25) is 9.59 Å². The van der Waals surface area contributed by atoms with E-state index in [9.17, 15) is 9.59 Å². The Morgan fingerprint density at radius 1 is 1.12 bits per heavy atom. The molecule has 5 heteroatoms. The predicted molar refractivity (Wildman–Crippen MR) is 138 cm³/mol. The van der Waals surface area contributed by atoms with Crippen molar-refractivity contribution < 1.29 is 11.0 Å². The smallest absolute Gasteiger partial charge is 0.229 e. The van der Waals surface area contributed by atoms with Crippen LogP contribution < -0.4 is 9.80 Å². The highest BCUT2D eigenvalue weighted by Crippen LogP contribution is 2.35. The van der Waals surface area contributed by atoms with Crippen LogP contribution in [0.25, 0.3) is 0 Å². The van der Waals surface area contributed by atoms with Gasteiger partial charge in [0.1, 0.15) is 0 Å². The summed E-state index contributed by atoms with van der Waals surface area (Å²) < 4.78 is 0. The third-order valence-corrected chi connectivity index (χ3v) is 6.05. The molecule has 1 heterocycles. The van der Waals surface area contributed by atoms with Crippen molar-refractivity contribution in [3.8, 4) is 0 Å². The van der Waals surface area contributed by atoms with Crippen molar-refractivity contribution in [3.63, 3.8) is 0 Å². The molecule has 0 radical (unpaired) electrons. The summed E-state index contributed by atoms with van der Waals surface area (Å²) in [5.74, 6) is 0.151. The number of fused-ring (bicyclic) bond motifs is 1. The van der Waals surface area contributed by atoms with E-state index in [-0.39, 0.29) is 19.3 Å². The summed E-state index contributed by atoms with van der Waals surface area (Å²) in [5, 5.41) is 0. The van der Waals surface area contributed by atoms with Crippen LogP contribution in [0.2, 0.25) is 0 Å². The maximum absolute atomic E-state index is 13.5. The molecule has 33 heavy (non-hydrogen) atoms. The number of allylic oxidation sites excluding steroid dienone is 1. The fraction of sp³-hybridized carbons (Fsp3) is 0.357. The Bertz CT molecular complexity index is 977. The van der Waals surface area contributed by atoms with Gasteiger partial charge in [0.15, 0.2) is 0 Å². The minimum atomic E-state index is 0. The Labute approximate surface area is 199 Å². The van der Waals surface area contributed by atoms with Gasteiger partial charge in [-0.1, -0.05) is 61.5 Å². The second-order valence-electron chi connectivity index (χ2n) is 8.47. The molecule has 0 N–H and O–H groups in total. The number of para-hydroxylation sites is 2. The van der Waals surface area contributed by atoms with E-state index in [2.05, 4.69) is 13.5 Å². The standard InChI is InChI=1S/C28H35N3O2.H2/c1-4-20-29(5-2)21-19-28(33)31-23(3)13-9-12-18-27(32)30(22-24-14-7-6-8-15-24)25-16-10-11-17-26(25)31;/h4-8,10-11,14-17,20,23H,2,9,12-13,18-19,21-22H2,1,3H3;1H/b20-4-;/t23-;/m0./s1. The highest BCUT2D eigenvalue weighted by atomic mass is 16.2. The summed E-state index contributed by atoms with van der Waals surface area (Å²) in [6.45, 7) is 8.93. The largest absolute Gasteiger partial charge is 0.355 e. The molecule has 0 bridgehead atoms. The van der Waals surface area contributed by atoms with Gasteiger partial charge >= 0.3 is 0 Å². The first-order valence-electron chi connectivity index (χ1n) is 11.8. The normalized spacial score (nSPS) is 17.0. The molecule has 1 atom stereocenters. The second kappa shape index (κ2) is 12.0. The van der Waals surface area contributed by atoms with E-state index < -0.39 is 0 Å². The fourth-order valence-corrected chi connectivity index (χ4v) is 4.33. The lowest BCUT2D eigenvalue weighted by molar-refractivity contribution is -0.120. The average Bonchev–Trinajstić information content (AvgIpc) is 2.83. The van der Waals surface area contributed by atoms with Gasteiger partial charge in [-0.2, -0.15) is 0 Å². The van der Waals surface area contributed by atoms with Crippen molar-refractivity contribution in [2.45, 2.75) is 58.5 Å². The number of anilines is 2. The topological polar surface area (TPSA) is 43.9 Å². The lowest BCUT2D eigenvalue weighted by Gasteiger charge is -2.35. The molecule has 0 saturated carbocycles. The van der Waals surface area contributed by atoms with Gasteiger partial charge in [-0.05, 0) is 56.8 Å². The molecule has 0 aliphatic carbocycles. The van der Waals surface area contributed by atoms with Gasteiger partial charge in [0.25, 0.3) is 0 Å². The summed E-state index contributed by atoms with van der Waals surface area (Å²) in [7, 11) is 0. The minimum absolute atomic E-state index is 0. The number of rotatable bonds is 7. The van der Waals surface area contributed by atoms with E-state index in [0.717, 1.165) is 36.2 Å².